The van der Waals surface area contributed by atoms with Crippen molar-refractivity contribution in [3.8, 4) is 0 Å². The van der Waals surface area contributed by atoms with Gasteiger partial charge in [0, 0.05) is 32.2 Å². The molecule has 180 valence electrons. The molecule has 12 heteroatoms. The monoisotopic (exact) mass is 443 g/mol. The zero-order chi connectivity index (χ0) is 22.7. The van der Waals surface area contributed by atoms with Gasteiger partial charge in [-0.1, -0.05) is 0 Å². The maximum absolute atomic E-state index is 11.4. The van der Waals surface area contributed by atoms with E-state index in [2.05, 4.69) is 9.68 Å². The van der Waals surface area contributed by atoms with Gasteiger partial charge in [0.25, 0.3) is 0 Å². The van der Waals surface area contributed by atoms with Crippen LogP contribution in [-0.4, -0.2) is 95.9 Å². The quantitative estimate of drug-likeness (QED) is 0.254. The molecular weight excluding hydrogens is 405 g/mol. The van der Waals surface area contributed by atoms with Crippen LogP contribution in [0.4, 0.5) is 4.53 Å². The minimum atomic E-state index is -1.23. The second kappa shape index (κ2) is 14.5. The Balaban J connectivity index is 0.000000318. The van der Waals surface area contributed by atoms with Crippen molar-refractivity contribution in [2.24, 2.45) is 17.2 Å². The van der Waals surface area contributed by atoms with Gasteiger partial charge in [0.15, 0.2) is 6.29 Å². The average molecular weight is 444 g/mol. The molecule has 0 bridgehead atoms. The minimum absolute atomic E-state index is 0.00560. The van der Waals surface area contributed by atoms with E-state index in [0.717, 1.165) is 26.4 Å². The fraction of sp³-hybridized carbons (Fsp3) is 1.00. The van der Waals surface area contributed by atoms with Crippen molar-refractivity contribution in [2.75, 3.05) is 20.3 Å². The summed E-state index contributed by atoms with van der Waals surface area (Å²) in [6.07, 6.45) is -0.122. The van der Waals surface area contributed by atoms with Crippen LogP contribution in [-0.2, 0) is 19.2 Å². The van der Waals surface area contributed by atoms with Crippen molar-refractivity contribution < 1.29 is 44.1 Å². The Labute approximate surface area is 176 Å². The lowest BCUT2D eigenvalue weighted by Crippen LogP contribution is -2.55. The van der Waals surface area contributed by atoms with E-state index in [1.54, 1.807) is 0 Å². The van der Waals surface area contributed by atoms with Crippen LogP contribution >= 0.6 is 0 Å². The molecule has 0 aromatic rings. The van der Waals surface area contributed by atoms with Gasteiger partial charge in [0.2, 0.25) is 6.29 Å². The summed E-state index contributed by atoms with van der Waals surface area (Å²) in [5.41, 5.74) is 17.4. The first-order valence-electron chi connectivity index (χ1n) is 10.2. The van der Waals surface area contributed by atoms with E-state index < -0.39 is 24.6 Å². The summed E-state index contributed by atoms with van der Waals surface area (Å²) in [6, 6.07) is -0.274. The third-order valence-electron chi connectivity index (χ3n) is 5.17. The van der Waals surface area contributed by atoms with Gasteiger partial charge in [0.05, 0.1) is 24.9 Å². The molecule has 0 aromatic carbocycles. The van der Waals surface area contributed by atoms with E-state index in [1.807, 2.05) is 0 Å². The van der Waals surface area contributed by atoms with Crippen LogP contribution in [0.2, 0.25) is 0 Å². The Morgan fingerprint density at radius 1 is 1.03 bits per heavy atom. The summed E-state index contributed by atoms with van der Waals surface area (Å²) >= 11 is 0. The number of aliphatic hydroxyl groups excluding tert-OH is 4. The van der Waals surface area contributed by atoms with Gasteiger partial charge in [-0.05, 0) is 36.6 Å². The van der Waals surface area contributed by atoms with E-state index in [0.29, 0.717) is 19.4 Å². The van der Waals surface area contributed by atoms with Crippen LogP contribution in [0.1, 0.15) is 38.5 Å². The number of hydrogen-bond acceptors (Lipinski definition) is 11. The highest BCUT2D eigenvalue weighted by atomic mass is 19.3. The van der Waals surface area contributed by atoms with Crippen molar-refractivity contribution in [3.63, 3.8) is 0 Å². The van der Waals surface area contributed by atoms with Crippen LogP contribution in [0.25, 0.3) is 0 Å². The SMILES string of the molecule is CO.NCC1CCC[C@@H](O[C@@H]2C(N)CC(N)CC2O)O1.OC1COC(OF)C(O)C1. The zero-order valence-electron chi connectivity index (χ0n) is 17.4. The highest BCUT2D eigenvalue weighted by Gasteiger charge is 2.37. The van der Waals surface area contributed by atoms with Crippen LogP contribution in [0.3, 0.4) is 0 Å². The lowest BCUT2D eigenvalue weighted by Gasteiger charge is -2.39. The van der Waals surface area contributed by atoms with Gasteiger partial charge >= 0.3 is 0 Å². The molecule has 2 aliphatic heterocycles. The molecule has 1 saturated carbocycles. The summed E-state index contributed by atoms with van der Waals surface area (Å²) in [5, 5.41) is 34.7. The standard InChI is InChI=1S/C12H25N3O3.C5H9FO4.CH4O/c13-6-8-2-1-3-11(17-8)18-12-9(15)4-7(14)5-10(12)16;6-10-5-4(8)1-3(7)2-9-5;1-2/h7-12,16H,1-6,13-15H2;3-5,7-8H,1-2H2;2H,1H3/t7?,8?,9?,10?,11-,12-;;/m1../s1. The van der Waals surface area contributed by atoms with Crippen LogP contribution in [0.5, 0.6) is 0 Å². The lowest BCUT2D eigenvalue weighted by molar-refractivity contribution is -0.324. The second-order valence-corrected chi connectivity index (χ2v) is 7.67. The number of aliphatic hydroxyl groups is 4. The molecule has 2 heterocycles. The van der Waals surface area contributed by atoms with Crippen molar-refractivity contribution in [1.82, 2.24) is 0 Å². The van der Waals surface area contributed by atoms with Gasteiger partial charge in [-0.3, -0.25) is 0 Å². The molecule has 3 fully saturated rings. The van der Waals surface area contributed by atoms with Gasteiger partial charge in [-0.2, -0.15) is 4.94 Å². The van der Waals surface area contributed by atoms with Crippen LogP contribution in [0.15, 0.2) is 0 Å². The normalized spacial score (nSPS) is 41.7. The molecule has 0 radical (unpaired) electrons. The van der Waals surface area contributed by atoms with E-state index in [9.17, 15) is 9.63 Å². The van der Waals surface area contributed by atoms with Crippen LogP contribution < -0.4 is 17.2 Å². The number of ether oxygens (including phenoxy) is 3. The maximum atomic E-state index is 11.4. The fourth-order valence-corrected chi connectivity index (χ4v) is 3.67. The third kappa shape index (κ3) is 8.93. The van der Waals surface area contributed by atoms with Crippen molar-refractivity contribution >= 4 is 0 Å². The molecule has 9 atom stereocenters. The molecule has 2 saturated heterocycles. The second-order valence-electron chi connectivity index (χ2n) is 7.67. The minimum Gasteiger partial charge on any atom is -0.400 e. The number of rotatable bonds is 4. The number of halogens is 1. The van der Waals surface area contributed by atoms with Crippen molar-refractivity contribution in [2.45, 2.75) is 93.7 Å². The van der Waals surface area contributed by atoms with Crippen molar-refractivity contribution in [1.29, 1.82) is 0 Å². The Hall–Kier alpha value is -0.510. The summed E-state index contributed by atoms with van der Waals surface area (Å²) in [6.45, 7) is 0.510. The highest BCUT2D eigenvalue weighted by Crippen LogP contribution is 2.26. The molecule has 11 nitrogen and oxygen atoms in total. The molecule has 7 unspecified atom stereocenters. The molecule has 0 aromatic heterocycles. The number of nitrogens with two attached hydrogens (primary N) is 3. The molecule has 30 heavy (non-hydrogen) atoms. The first kappa shape index (κ1) is 27.5. The summed E-state index contributed by atoms with van der Waals surface area (Å²) in [4.78, 5) is 3.27. The van der Waals surface area contributed by atoms with Gasteiger partial charge < -0.3 is 51.8 Å². The fourth-order valence-electron chi connectivity index (χ4n) is 3.67. The molecule has 1 aliphatic carbocycles. The Kier molecular flexibility index (Phi) is 13.3. The maximum Gasteiger partial charge on any atom is 0.223 e. The van der Waals surface area contributed by atoms with Gasteiger partial charge in [-0.25, -0.2) is 0 Å². The molecule has 0 spiro atoms. The van der Waals surface area contributed by atoms with E-state index in [-0.39, 0.29) is 43.6 Å². The van der Waals surface area contributed by atoms with E-state index in [1.165, 1.54) is 0 Å². The summed E-state index contributed by atoms with van der Waals surface area (Å²) in [7, 11) is 1.00. The predicted octanol–water partition coefficient (Wildman–Crippen LogP) is -2.00. The first-order chi connectivity index (χ1) is 14.3. The summed E-state index contributed by atoms with van der Waals surface area (Å²) < 4.78 is 27.5. The number of hydrogen-bond donors (Lipinski definition) is 7. The molecule has 0 amide bonds. The zero-order valence-corrected chi connectivity index (χ0v) is 17.4. The largest absolute Gasteiger partial charge is 0.400 e. The molecule has 3 rings (SSSR count). The highest BCUT2D eigenvalue weighted by molar-refractivity contribution is 4.91. The molecular formula is C18H38FN3O8. The van der Waals surface area contributed by atoms with E-state index in [4.69, 9.17) is 42.0 Å². The first-order valence-corrected chi connectivity index (χ1v) is 10.2. The third-order valence-corrected chi connectivity index (χ3v) is 5.17. The molecule has 10 N–H and O–H groups in total. The van der Waals surface area contributed by atoms with Crippen molar-refractivity contribution in [3.05, 3.63) is 0 Å². The Morgan fingerprint density at radius 3 is 2.30 bits per heavy atom. The topological polar surface area (TPSA) is 196 Å². The molecule has 3 aliphatic rings. The van der Waals surface area contributed by atoms with Gasteiger partial charge in [-0.15, -0.1) is 0 Å². The van der Waals surface area contributed by atoms with Crippen LogP contribution in [0, 0.1) is 0 Å². The Morgan fingerprint density at radius 2 is 1.73 bits per heavy atom. The lowest BCUT2D eigenvalue weighted by atomic mass is 9.87. The smallest absolute Gasteiger partial charge is 0.223 e. The predicted molar refractivity (Wildman–Crippen MR) is 104 cm³/mol. The average Bonchev–Trinajstić information content (AvgIpc) is 2.73. The van der Waals surface area contributed by atoms with E-state index >= 15 is 0 Å². The Bertz CT molecular complexity index is 444. The summed E-state index contributed by atoms with van der Waals surface area (Å²) in [5.74, 6) is 0. The van der Waals surface area contributed by atoms with Gasteiger partial charge in [0.1, 0.15) is 12.2 Å².